The largest absolute Gasteiger partial charge is 0.384 e. The summed E-state index contributed by atoms with van der Waals surface area (Å²) < 4.78 is 0. The molecule has 0 aromatic heterocycles. The second kappa shape index (κ2) is 22.5. The molecule has 15 aliphatic rings. The van der Waals surface area contributed by atoms with Gasteiger partial charge in [-0.15, -0.1) is 0 Å². The van der Waals surface area contributed by atoms with Crippen LogP contribution >= 0.6 is 0 Å². The van der Waals surface area contributed by atoms with E-state index in [1.807, 2.05) is 0 Å². The highest BCUT2D eigenvalue weighted by atomic mass is 16.3. The van der Waals surface area contributed by atoms with Crippen LogP contribution in [0.5, 0.6) is 0 Å². The van der Waals surface area contributed by atoms with Crippen molar-refractivity contribution in [2.24, 2.45) is 0 Å². The molecule has 0 unspecified atom stereocenters. The minimum Gasteiger partial charge on any atom is -0.384 e. The van der Waals surface area contributed by atoms with Crippen molar-refractivity contribution in [2.45, 2.75) is 114 Å². The average Bonchev–Trinajstić information content (AvgIpc) is 3.45. The number of hydrogen-bond donors (Lipinski definition) is 6. The van der Waals surface area contributed by atoms with Crippen molar-refractivity contribution in [3.63, 3.8) is 0 Å². The molecule has 6 N–H and O–H groups in total. The monoisotopic (exact) mass is 949 g/mol. The standard InChI is InChI=1S/C66H68N4O2/c71-65-57-33-25-53(26-34-57)49-17-9-45(10-18-49)41-67-61-5-1-2-6-62(61)68-42-46-11-19-50(20-12-46)54-27-35-58(36-28-54)66(72)60-39-31-56(32-40-60)52-23-15-48(16-24-52)44-70-64-8-4-3-7-63(64)69-43-47-13-21-51(22-14-47)55-29-37-59(65)38-30-55/h9-40,61-72H,1-8,41-44H2/t61-,62-,63-,64-,65?,66?/m0/s1. The molecule has 0 radical (unpaired) electrons. The quantitative estimate of drug-likeness (QED) is 0.0908. The lowest BCUT2D eigenvalue weighted by Gasteiger charge is -2.33. The first-order valence-corrected chi connectivity index (χ1v) is 26.5. The van der Waals surface area contributed by atoms with Crippen LogP contribution in [0.1, 0.15) is 108 Å². The summed E-state index contributed by atoms with van der Waals surface area (Å²) in [4.78, 5) is 0. The molecule has 2 aliphatic carbocycles. The van der Waals surface area contributed by atoms with Crippen molar-refractivity contribution < 1.29 is 10.2 Å². The maximum Gasteiger partial charge on any atom is 0.104 e. The molecular weight excluding hydrogens is 881 g/mol. The lowest BCUT2D eigenvalue weighted by Crippen LogP contribution is -2.49. The second-order valence-corrected chi connectivity index (χ2v) is 20.6. The van der Waals surface area contributed by atoms with Crippen LogP contribution in [-0.2, 0) is 26.2 Å². The predicted molar refractivity (Wildman–Crippen MR) is 295 cm³/mol. The number of hydrogen-bond acceptors (Lipinski definition) is 6. The zero-order valence-corrected chi connectivity index (χ0v) is 41.3. The third-order valence-corrected chi connectivity index (χ3v) is 15.9. The molecule has 2 saturated carbocycles. The maximum atomic E-state index is 11.4. The lowest BCUT2D eigenvalue weighted by molar-refractivity contribution is 0.220. The topological polar surface area (TPSA) is 88.6 Å². The van der Waals surface area contributed by atoms with Gasteiger partial charge in [-0.25, -0.2) is 0 Å². The van der Waals surface area contributed by atoms with E-state index >= 15 is 0 Å². The molecule has 13 aliphatic heterocycles. The lowest BCUT2D eigenvalue weighted by atomic mass is 9.89. The number of aliphatic hydroxyl groups is 2. The van der Waals surface area contributed by atoms with Gasteiger partial charge in [-0.1, -0.05) is 220 Å². The van der Waals surface area contributed by atoms with Gasteiger partial charge >= 0.3 is 0 Å². The molecule has 364 valence electrons. The molecule has 8 aromatic rings. The van der Waals surface area contributed by atoms with Gasteiger partial charge in [-0.3, -0.25) is 0 Å². The highest BCUT2D eigenvalue weighted by molar-refractivity contribution is 5.67. The Labute approximate surface area is 426 Å². The van der Waals surface area contributed by atoms with E-state index in [-0.39, 0.29) is 0 Å². The third-order valence-electron chi connectivity index (χ3n) is 15.9. The van der Waals surface area contributed by atoms with Crippen LogP contribution in [0.25, 0.3) is 44.5 Å². The van der Waals surface area contributed by atoms with Crippen LogP contribution in [-0.4, -0.2) is 34.4 Å². The van der Waals surface area contributed by atoms with Crippen molar-refractivity contribution in [3.8, 4) is 44.5 Å². The minimum atomic E-state index is -0.699. The average molecular weight is 949 g/mol. The van der Waals surface area contributed by atoms with E-state index in [0.29, 0.717) is 24.2 Å². The molecule has 72 heavy (non-hydrogen) atoms. The van der Waals surface area contributed by atoms with Gasteiger partial charge in [0.2, 0.25) is 0 Å². The van der Waals surface area contributed by atoms with Crippen LogP contribution in [0.15, 0.2) is 194 Å². The summed E-state index contributed by atoms with van der Waals surface area (Å²) >= 11 is 0. The normalized spacial score (nSPS) is 22.0. The Kier molecular flexibility index (Phi) is 15.0. The van der Waals surface area contributed by atoms with Gasteiger partial charge in [0, 0.05) is 50.3 Å². The van der Waals surface area contributed by atoms with E-state index in [9.17, 15) is 10.2 Å². The summed E-state index contributed by atoms with van der Waals surface area (Å²) in [6, 6.07) is 70.7. The fraction of sp³-hybridized carbons (Fsp3) is 0.273. The molecule has 13 heterocycles. The molecule has 8 aromatic carbocycles. The van der Waals surface area contributed by atoms with Gasteiger partial charge in [-0.2, -0.15) is 0 Å². The number of rotatable bonds is 0. The molecule has 0 amide bonds. The Morgan fingerprint density at radius 1 is 0.236 bits per heavy atom. The van der Waals surface area contributed by atoms with Gasteiger partial charge in [0.05, 0.1) is 0 Å². The Balaban J connectivity index is 0.791. The van der Waals surface area contributed by atoms with Crippen molar-refractivity contribution in [3.05, 3.63) is 239 Å². The fourth-order valence-electron chi connectivity index (χ4n) is 11.3. The van der Waals surface area contributed by atoms with E-state index in [4.69, 9.17) is 0 Å². The highest BCUT2D eigenvalue weighted by Gasteiger charge is 2.26. The zero-order chi connectivity index (χ0) is 48.6. The number of aliphatic hydroxyl groups excluding tert-OH is 2. The summed E-state index contributed by atoms with van der Waals surface area (Å²) in [6.45, 7) is 3.33. The predicted octanol–water partition coefficient (Wildman–Crippen LogP) is 13.2. The smallest absolute Gasteiger partial charge is 0.104 e. The SMILES string of the molecule is OC1c2ccc(cc2)-c2ccc(cc2)CN[C@H]2CCCC[C@@H]2NCc2ccc(cc2)-c2ccc(cc2)C(O)c2ccc(cc2)-c2ccc(cc2)CN[C@H]2CCCC[C@@H]2NCc2ccc(cc2)-c2ccc1cc2. The van der Waals surface area contributed by atoms with Crippen molar-refractivity contribution in [1.82, 2.24) is 21.3 Å². The zero-order valence-electron chi connectivity index (χ0n) is 41.3. The highest BCUT2D eigenvalue weighted by Crippen LogP contribution is 2.32. The molecule has 6 heteroatoms. The van der Waals surface area contributed by atoms with Crippen molar-refractivity contribution >= 4 is 0 Å². The van der Waals surface area contributed by atoms with E-state index in [1.54, 1.807) is 0 Å². The summed E-state index contributed by atoms with van der Waals surface area (Å²) in [5.74, 6) is 0. The number of benzene rings is 8. The van der Waals surface area contributed by atoms with E-state index in [2.05, 4.69) is 215 Å². The Hall–Kier alpha value is -6.48. The van der Waals surface area contributed by atoms with Crippen molar-refractivity contribution in [2.75, 3.05) is 0 Å². The van der Waals surface area contributed by atoms with Crippen LogP contribution < -0.4 is 21.3 Å². The van der Waals surface area contributed by atoms with E-state index in [0.717, 1.165) is 70.7 Å². The van der Waals surface area contributed by atoms with E-state index < -0.39 is 12.2 Å². The first-order chi connectivity index (χ1) is 35.5. The van der Waals surface area contributed by atoms with Crippen molar-refractivity contribution in [1.29, 1.82) is 0 Å². The molecule has 16 bridgehead atoms. The van der Waals surface area contributed by atoms with Gasteiger partial charge in [0.1, 0.15) is 12.2 Å². The Morgan fingerprint density at radius 2 is 0.403 bits per heavy atom. The molecule has 6 nitrogen and oxygen atoms in total. The second-order valence-electron chi connectivity index (χ2n) is 20.6. The first kappa shape index (κ1) is 47.8. The van der Waals surface area contributed by atoms with Crippen LogP contribution in [0, 0.1) is 0 Å². The fourth-order valence-corrected chi connectivity index (χ4v) is 11.3. The van der Waals surface area contributed by atoms with Gasteiger partial charge in [0.15, 0.2) is 0 Å². The van der Waals surface area contributed by atoms with Crippen LogP contribution in [0.2, 0.25) is 0 Å². The summed E-state index contributed by atoms with van der Waals surface area (Å²) in [7, 11) is 0. The van der Waals surface area contributed by atoms with E-state index in [1.165, 1.54) is 95.9 Å². The van der Waals surface area contributed by atoms with Crippen LogP contribution in [0.4, 0.5) is 0 Å². The minimum absolute atomic E-state index is 0.418. The van der Waals surface area contributed by atoms with Gasteiger partial charge in [-0.05, 0) is 115 Å². The maximum absolute atomic E-state index is 11.4. The summed E-state index contributed by atoms with van der Waals surface area (Å²) in [6.07, 6.45) is 8.30. The summed E-state index contributed by atoms with van der Waals surface area (Å²) in [5, 5.41) is 38.5. The molecule has 0 spiro atoms. The Morgan fingerprint density at radius 3 is 0.583 bits per heavy atom. The van der Waals surface area contributed by atoms with Crippen LogP contribution in [0.3, 0.4) is 0 Å². The molecule has 0 saturated heterocycles. The Bertz CT molecular complexity index is 2560. The molecular formula is C66H68N4O2. The molecule has 23 rings (SSSR count). The first-order valence-electron chi connectivity index (χ1n) is 26.5. The van der Waals surface area contributed by atoms with Gasteiger partial charge < -0.3 is 31.5 Å². The third kappa shape index (κ3) is 11.4. The molecule has 2 fully saturated rings. The number of nitrogens with one attached hydrogen (secondary N) is 4. The molecule has 4 atom stereocenters. The summed E-state index contributed by atoms with van der Waals surface area (Å²) in [5.41, 5.74) is 17.9. The van der Waals surface area contributed by atoms with Gasteiger partial charge in [0.25, 0.3) is 0 Å².